The first-order chi connectivity index (χ1) is 15.4. The highest BCUT2D eigenvalue weighted by atomic mass is 16.5. The third-order valence-electron chi connectivity index (χ3n) is 5.68. The quantitative estimate of drug-likeness (QED) is 0.298. The molecular formula is C26H31N3O3. The third-order valence-corrected chi connectivity index (χ3v) is 5.68. The lowest BCUT2D eigenvalue weighted by Crippen LogP contribution is -2.29. The smallest absolute Gasteiger partial charge is 0.224 e. The summed E-state index contributed by atoms with van der Waals surface area (Å²) in [5, 5.41) is 2.82. The molecule has 2 aromatic carbocycles. The Morgan fingerprint density at radius 3 is 2.53 bits per heavy atom. The molecule has 0 bridgehead atoms. The van der Waals surface area contributed by atoms with Gasteiger partial charge in [-0.3, -0.25) is 9.59 Å². The third kappa shape index (κ3) is 5.86. The second kappa shape index (κ2) is 10.8. The molecule has 0 aliphatic carbocycles. The van der Waals surface area contributed by atoms with Gasteiger partial charge in [-0.2, -0.15) is 0 Å². The number of carbonyl (C=O) groups excluding carboxylic acids is 2. The Morgan fingerprint density at radius 1 is 1.03 bits per heavy atom. The monoisotopic (exact) mass is 433 g/mol. The van der Waals surface area contributed by atoms with Crippen LogP contribution in [0.3, 0.4) is 0 Å². The van der Waals surface area contributed by atoms with Crippen molar-refractivity contribution in [2.45, 2.75) is 52.0 Å². The predicted octanol–water partition coefficient (Wildman–Crippen LogP) is 4.82. The first-order valence-electron chi connectivity index (χ1n) is 11.0. The molecule has 1 heterocycles. The average molecular weight is 434 g/mol. The number of allylic oxidation sites excluding steroid dienone is 3. The highest BCUT2D eigenvalue weighted by Gasteiger charge is 2.21. The van der Waals surface area contributed by atoms with Crippen LogP contribution in [0.1, 0.15) is 51.5 Å². The summed E-state index contributed by atoms with van der Waals surface area (Å²) in [5.74, 6) is 1.37. The number of benzene rings is 2. The zero-order chi connectivity index (χ0) is 23.1. The summed E-state index contributed by atoms with van der Waals surface area (Å²) >= 11 is 0. The van der Waals surface area contributed by atoms with Crippen LogP contribution in [0.25, 0.3) is 5.57 Å². The fourth-order valence-electron chi connectivity index (χ4n) is 3.64. The van der Waals surface area contributed by atoms with E-state index in [9.17, 15) is 9.59 Å². The number of ketones is 1. The predicted molar refractivity (Wildman–Crippen MR) is 129 cm³/mol. The van der Waals surface area contributed by atoms with Crippen molar-refractivity contribution in [3.63, 3.8) is 0 Å². The molecule has 1 aliphatic heterocycles. The molecule has 1 atom stereocenters. The molecule has 1 aliphatic rings. The van der Waals surface area contributed by atoms with Gasteiger partial charge in [0.15, 0.2) is 5.78 Å². The van der Waals surface area contributed by atoms with E-state index in [4.69, 9.17) is 16.2 Å². The van der Waals surface area contributed by atoms with E-state index >= 15 is 0 Å². The number of amides is 1. The molecule has 0 spiro atoms. The van der Waals surface area contributed by atoms with Crippen LogP contribution in [0.5, 0.6) is 5.75 Å². The summed E-state index contributed by atoms with van der Waals surface area (Å²) in [7, 11) is 0. The molecule has 0 saturated heterocycles. The van der Waals surface area contributed by atoms with Crippen LogP contribution >= 0.6 is 0 Å². The number of ether oxygens (including phenoxy) is 1. The van der Waals surface area contributed by atoms with Gasteiger partial charge in [-0.05, 0) is 62.1 Å². The van der Waals surface area contributed by atoms with Crippen molar-refractivity contribution in [1.29, 1.82) is 0 Å². The van der Waals surface area contributed by atoms with Gasteiger partial charge >= 0.3 is 0 Å². The molecule has 5 N–H and O–H groups in total. The number of unbranched alkanes of at least 4 members (excludes halogenated alkanes) is 2. The molecule has 2 aromatic rings. The number of anilines is 2. The maximum Gasteiger partial charge on any atom is 0.224 e. The second-order valence-corrected chi connectivity index (χ2v) is 8.08. The Bertz CT molecular complexity index is 1060. The number of fused-ring (bicyclic) bond motifs is 1. The maximum absolute atomic E-state index is 12.7. The van der Waals surface area contributed by atoms with Gasteiger partial charge < -0.3 is 21.5 Å². The minimum atomic E-state index is -0.566. The van der Waals surface area contributed by atoms with Crippen LogP contribution in [-0.2, 0) is 9.59 Å². The van der Waals surface area contributed by atoms with Crippen molar-refractivity contribution >= 4 is 28.6 Å². The number of nitrogens with two attached hydrogens (primary N) is 2. The van der Waals surface area contributed by atoms with Crippen molar-refractivity contribution in [3.8, 4) is 5.75 Å². The first-order valence-corrected chi connectivity index (χ1v) is 11.0. The van der Waals surface area contributed by atoms with Gasteiger partial charge in [0.25, 0.3) is 0 Å². The molecular weight excluding hydrogens is 402 g/mol. The SMILES string of the molecule is CC1=C(C)/C(=C/C(=O)C(N)CCCCCC(=O)Nc2ccccc2N)c2ccccc2O1. The molecule has 1 unspecified atom stereocenters. The molecule has 0 fully saturated rings. The summed E-state index contributed by atoms with van der Waals surface area (Å²) in [6, 6.07) is 14.3. The van der Waals surface area contributed by atoms with Gasteiger partial charge in [0.2, 0.25) is 5.91 Å². The van der Waals surface area contributed by atoms with Crippen molar-refractivity contribution in [3.05, 3.63) is 71.5 Å². The lowest BCUT2D eigenvalue weighted by atomic mass is 9.92. The van der Waals surface area contributed by atoms with Gasteiger partial charge in [0, 0.05) is 12.0 Å². The minimum Gasteiger partial charge on any atom is -0.461 e. The topological polar surface area (TPSA) is 107 Å². The number of nitrogen functional groups attached to an aromatic ring is 1. The number of hydrogen-bond donors (Lipinski definition) is 3. The molecule has 0 aromatic heterocycles. The Balaban J connectivity index is 1.46. The summed E-state index contributed by atoms with van der Waals surface area (Å²) in [4.78, 5) is 24.8. The van der Waals surface area contributed by atoms with Crippen molar-refractivity contribution < 1.29 is 14.3 Å². The maximum atomic E-state index is 12.7. The Hall–Kier alpha value is -3.38. The normalized spacial score (nSPS) is 15.2. The number of rotatable bonds is 9. The molecule has 6 nitrogen and oxygen atoms in total. The number of nitrogens with one attached hydrogen (secondary N) is 1. The summed E-state index contributed by atoms with van der Waals surface area (Å²) < 4.78 is 5.83. The second-order valence-electron chi connectivity index (χ2n) is 8.08. The van der Waals surface area contributed by atoms with Crippen molar-refractivity contribution in [2.24, 2.45) is 5.73 Å². The summed E-state index contributed by atoms with van der Waals surface area (Å²) in [6.45, 7) is 3.84. The van der Waals surface area contributed by atoms with Crippen molar-refractivity contribution in [2.75, 3.05) is 11.1 Å². The molecule has 168 valence electrons. The van der Waals surface area contributed by atoms with Gasteiger partial charge in [-0.15, -0.1) is 0 Å². The van der Waals surface area contributed by atoms with E-state index in [-0.39, 0.29) is 11.7 Å². The van der Waals surface area contributed by atoms with Crippen LogP contribution in [0, 0.1) is 0 Å². The Labute approximate surface area is 189 Å². The van der Waals surface area contributed by atoms with Gasteiger partial charge in [0.05, 0.1) is 17.4 Å². The molecule has 0 radical (unpaired) electrons. The van der Waals surface area contributed by atoms with E-state index in [0.717, 1.165) is 47.5 Å². The lowest BCUT2D eigenvalue weighted by molar-refractivity contribution is -0.117. The minimum absolute atomic E-state index is 0.0659. The Kier molecular flexibility index (Phi) is 7.84. The molecule has 0 saturated carbocycles. The van der Waals surface area contributed by atoms with E-state index in [0.29, 0.717) is 24.2 Å². The van der Waals surface area contributed by atoms with Gasteiger partial charge in [0.1, 0.15) is 11.5 Å². The zero-order valence-corrected chi connectivity index (χ0v) is 18.7. The van der Waals surface area contributed by atoms with Crippen LogP contribution < -0.4 is 21.5 Å². The van der Waals surface area contributed by atoms with Crippen molar-refractivity contribution in [1.82, 2.24) is 0 Å². The number of para-hydroxylation sites is 3. The van der Waals surface area contributed by atoms with Gasteiger partial charge in [-0.1, -0.05) is 43.2 Å². The fourth-order valence-corrected chi connectivity index (χ4v) is 3.64. The van der Waals surface area contributed by atoms with Crippen LogP contribution in [0.4, 0.5) is 11.4 Å². The van der Waals surface area contributed by atoms with E-state index in [1.54, 1.807) is 18.2 Å². The van der Waals surface area contributed by atoms with Crippen LogP contribution in [0.2, 0.25) is 0 Å². The number of hydrogen-bond acceptors (Lipinski definition) is 5. The molecule has 32 heavy (non-hydrogen) atoms. The highest BCUT2D eigenvalue weighted by molar-refractivity contribution is 6.04. The standard InChI is InChI=1S/C26H31N3O3/c1-17-18(2)32-25-14-9-6-10-19(25)20(17)16-24(30)22(28)12-4-3-5-15-26(31)29-23-13-8-7-11-21(23)27/h6-11,13-14,16,22H,3-5,12,15,27-28H2,1-2H3,(H,29,31)/b20-16-. The van der Waals surface area contributed by atoms with E-state index in [1.807, 2.05) is 50.2 Å². The molecule has 1 amide bonds. The van der Waals surface area contributed by atoms with Crippen LogP contribution in [-0.4, -0.2) is 17.7 Å². The fraction of sp³-hybridized carbons (Fsp3) is 0.308. The molecule has 3 rings (SSSR count). The Morgan fingerprint density at radius 2 is 1.75 bits per heavy atom. The highest BCUT2D eigenvalue weighted by Crippen LogP contribution is 2.38. The molecule has 6 heteroatoms. The number of carbonyl (C=O) groups is 2. The first kappa shape index (κ1) is 23.3. The average Bonchev–Trinajstić information content (AvgIpc) is 2.78. The van der Waals surface area contributed by atoms with E-state index in [2.05, 4.69) is 5.32 Å². The van der Waals surface area contributed by atoms with Gasteiger partial charge in [-0.25, -0.2) is 0 Å². The van der Waals surface area contributed by atoms with Crippen LogP contribution in [0.15, 0.2) is 65.9 Å². The van der Waals surface area contributed by atoms with E-state index < -0.39 is 6.04 Å². The largest absolute Gasteiger partial charge is 0.461 e. The summed E-state index contributed by atoms with van der Waals surface area (Å²) in [6.07, 6.45) is 4.96. The zero-order valence-electron chi connectivity index (χ0n) is 18.7. The van der Waals surface area contributed by atoms with E-state index in [1.165, 1.54) is 0 Å². The summed E-state index contributed by atoms with van der Waals surface area (Å²) in [5.41, 5.74) is 15.9. The lowest BCUT2D eigenvalue weighted by Gasteiger charge is -2.22.